The van der Waals surface area contributed by atoms with Gasteiger partial charge in [0.2, 0.25) is 0 Å². The van der Waals surface area contributed by atoms with Gasteiger partial charge >= 0.3 is 0 Å². The summed E-state index contributed by atoms with van der Waals surface area (Å²) in [6.45, 7) is 2.14. The van der Waals surface area contributed by atoms with Gasteiger partial charge in [-0.1, -0.05) is 23.7 Å². The zero-order valence-electron chi connectivity index (χ0n) is 11.0. The van der Waals surface area contributed by atoms with Crippen LogP contribution in [0.5, 0.6) is 0 Å². The highest BCUT2D eigenvalue weighted by Crippen LogP contribution is 2.38. The van der Waals surface area contributed by atoms with Crippen molar-refractivity contribution in [1.29, 1.82) is 0 Å². The van der Waals surface area contributed by atoms with Crippen LogP contribution in [0.25, 0.3) is 0 Å². The molecule has 1 fully saturated rings. The lowest BCUT2D eigenvalue weighted by molar-refractivity contribution is 0.258. The number of halogens is 1. The number of hydrogen-bond donors (Lipinski definition) is 1. The van der Waals surface area contributed by atoms with Crippen LogP contribution in [0.4, 0.5) is 0 Å². The second kappa shape index (κ2) is 5.40. The van der Waals surface area contributed by atoms with Crippen molar-refractivity contribution in [1.82, 2.24) is 5.32 Å². The van der Waals surface area contributed by atoms with E-state index in [0.29, 0.717) is 12.0 Å². The maximum absolute atomic E-state index is 6.03. The first-order valence-electron chi connectivity index (χ1n) is 6.77. The van der Waals surface area contributed by atoms with E-state index in [-0.39, 0.29) is 6.04 Å². The van der Waals surface area contributed by atoms with Crippen LogP contribution >= 0.6 is 11.6 Å². The quantitative estimate of drug-likeness (QED) is 0.887. The van der Waals surface area contributed by atoms with Crippen LogP contribution in [0.15, 0.2) is 47.1 Å². The van der Waals surface area contributed by atoms with Crippen LogP contribution in [0.3, 0.4) is 0 Å². The van der Waals surface area contributed by atoms with Gasteiger partial charge in [0.15, 0.2) is 0 Å². The molecule has 1 aromatic carbocycles. The molecule has 2 nitrogen and oxygen atoms in total. The van der Waals surface area contributed by atoms with E-state index >= 15 is 0 Å². The standard InChI is InChI=1S/C16H18ClNO/c1-11(16-6-3-7-19-16)18-15-9-13(10-15)12-4-2-5-14(17)8-12/h2-8,11,13,15,18H,9-10H2,1H3/t11-,13?,15?/m0/s1. The molecule has 19 heavy (non-hydrogen) atoms. The first-order chi connectivity index (χ1) is 9.22. The lowest BCUT2D eigenvalue weighted by Crippen LogP contribution is -2.41. The van der Waals surface area contributed by atoms with Gasteiger partial charge in [-0.3, -0.25) is 0 Å². The van der Waals surface area contributed by atoms with Crippen molar-refractivity contribution in [3.63, 3.8) is 0 Å². The van der Waals surface area contributed by atoms with Gasteiger partial charge in [-0.25, -0.2) is 0 Å². The second-order valence-corrected chi connectivity index (χ2v) is 5.76. The molecular weight excluding hydrogens is 258 g/mol. The summed E-state index contributed by atoms with van der Waals surface area (Å²) in [5, 5.41) is 4.44. The highest BCUT2D eigenvalue weighted by atomic mass is 35.5. The van der Waals surface area contributed by atoms with Crippen molar-refractivity contribution < 1.29 is 4.42 Å². The predicted molar refractivity (Wildman–Crippen MR) is 77.5 cm³/mol. The third-order valence-corrected chi connectivity index (χ3v) is 4.15. The van der Waals surface area contributed by atoms with Crippen LogP contribution in [-0.4, -0.2) is 6.04 Å². The maximum Gasteiger partial charge on any atom is 0.120 e. The Balaban J connectivity index is 1.53. The second-order valence-electron chi connectivity index (χ2n) is 5.32. The summed E-state index contributed by atoms with van der Waals surface area (Å²) >= 11 is 6.03. The van der Waals surface area contributed by atoms with Crippen molar-refractivity contribution in [2.75, 3.05) is 0 Å². The number of nitrogens with one attached hydrogen (secondary N) is 1. The smallest absolute Gasteiger partial charge is 0.120 e. The van der Waals surface area contributed by atoms with Crippen molar-refractivity contribution in [3.05, 3.63) is 59.0 Å². The molecule has 3 heteroatoms. The fourth-order valence-corrected chi connectivity index (χ4v) is 2.96. The molecule has 1 aliphatic rings. The van der Waals surface area contributed by atoms with Gasteiger partial charge in [0.25, 0.3) is 0 Å². The normalized spacial score (nSPS) is 23.9. The highest BCUT2D eigenvalue weighted by molar-refractivity contribution is 6.30. The Labute approximate surface area is 118 Å². The summed E-state index contributed by atoms with van der Waals surface area (Å²) < 4.78 is 5.41. The van der Waals surface area contributed by atoms with Crippen LogP contribution < -0.4 is 5.32 Å². The lowest BCUT2D eigenvalue weighted by atomic mass is 9.75. The molecule has 0 spiro atoms. The van der Waals surface area contributed by atoms with Gasteiger partial charge in [-0.2, -0.15) is 0 Å². The van der Waals surface area contributed by atoms with Crippen molar-refractivity contribution in [2.24, 2.45) is 0 Å². The molecule has 0 bridgehead atoms. The van der Waals surface area contributed by atoms with Crippen LogP contribution in [0.1, 0.15) is 43.0 Å². The third-order valence-electron chi connectivity index (χ3n) is 3.91. The molecule has 0 aliphatic heterocycles. The minimum atomic E-state index is 0.278. The largest absolute Gasteiger partial charge is 0.468 e. The topological polar surface area (TPSA) is 25.2 Å². The SMILES string of the molecule is C[C@H](NC1CC(c2cccc(Cl)c2)C1)c1ccco1. The van der Waals surface area contributed by atoms with Gasteiger partial charge < -0.3 is 9.73 Å². The Bertz CT molecular complexity index is 531. The molecule has 0 amide bonds. The van der Waals surface area contributed by atoms with E-state index in [1.54, 1.807) is 6.26 Å². The average molecular weight is 276 g/mol. The summed E-state index contributed by atoms with van der Waals surface area (Å²) in [4.78, 5) is 0. The number of benzene rings is 1. The Hall–Kier alpha value is -1.25. The zero-order valence-corrected chi connectivity index (χ0v) is 11.7. The molecule has 3 rings (SSSR count). The molecule has 2 aromatic rings. The molecule has 0 saturated heterocycles. The summed E-state index contributed by atoms with van der Waals surface area (Å²) in [5.74, 6) is 1.64. The van der Waals surface area contributed by atoms with Crippen molar-refractivity contribution >= 4 is 11.6 Å². The Morgan fingerprint density at radius 1 is 1.26 bits per heavy atom. The molecule has 1 atom stereocenters. The Morgan fingerprint density at radius 3 is 2.79 bits per heavy atom. The predicted octanol–water partition coefficient (Wildman–Crippen LogP) is 4.53. The summed E-state index contributed by atoms with van der Waals surface area (Å²) in [6, 6.07) is 13.0. The molecule has 1 heterocycles. The molecule has 1 aliphatic carbocycles. The van der Waals surface area contributed by atoms with E-state index < -0.39 is 0 Å². The van der Waals surface area contributed by atoms with Gasteiger partial charge in [-0.05, 0) is 55.5 Å². The van der Waals surface area contributed by atoms with Crippen LogP contribution in [0, 0.1) is 0 Å². The third kappa shape index (κ3) is 2.85. The summed E-state index contributed by atoms with van der Waals surface area (Å²) in [5.41, 5.74) is 1.36. The van der Waals surface area contributed by atoms with Gasteiger partial charge in [0, 0.05) is 11.1 Å². The number of hydrogen-bond acceptors (Lipinski definition) is 2. The molecule has 1 aromatic heterocycles. The fourth-order valence-electron chi connectivity index (χ4n) is 2.76. The molecule has 0 radical (unpaired) electrons. The lowest BCUT2D eigenvalue weighted by Gasteiger charge is -2.38. The highest BCUT2D eigenvalue weighted by Gasteiger charge is 2.31. The first kappa shape index (κ1) is 12.8. The molecule has 0 unspecified atom stereocenters. The number of furan rings is 1. The van der Waals surface area contributed by atoms with Gasteiger partial charge in [-0.15, -0.1) is 0 Å². The monoisotopic (exact) mass is 275 g/mol. The molecule has 100 valence electrons. The minimum absolute atomic E-state index is 0.278. The maximum atomic E-state index is 6.03. The van der Waals surface area contributed by atoms with E-state index in [2.05, 4.69) is 24.4 Å². The van der Waals surface area contributed by atoms with Gasteiger partial charge in [0.1, 0.15) is 5.76 Å². The van der Waals surface area contributed by atoms with E-state index in [4.69, 9.17) is 16.0 Å². The minimum Gasteiger partial charge on any atom is -0.468 e. The molecule has 1 N–H and O–H groups in total. The molecule has 1 saturated carbocycles. The first-order valence-corrected chi connectivity index (χ1v) is 7.15. The summed E-state index contributed by atoms with van der Waals surface area (Å²) in [7, 11) is 0. The molecular formula is C16H18ClNO. The summed E-state index contributed by atoms with van der Waals surface area (Å²) in [6.07, 6.45) is 4.07. The average Bonchev–Trinajstić information content (AvgIpc) is 2.86. The Kier molecular flexibility index (Phi) is 3.63. The number of rotatable bonds is 4. The van der Waals surface area contributed by atoms with E-state index in [0.717, 1.165) is 10.8 Å². The van der Waals surface area contributed by atoms with Crippen molar-refractivity contribution in [2.45, 2.75) is 37.8 Å². The van der Waals surface area contributed by atoms with Crippen LogP contribution in [0.2, 0.25) is 5.02 Å². The zero-order chi connectivity index (χ0) is 13.2. The van der Waals surface area contributed by atoms with E-state index in [1.807, 2.05) is 24.3 Å². The van der Waals surface area contributed by atoms with Gasteiger partial charge in [0.05, 0.1) is 12.3 Å². The van der Waals surface area contributed by atoms with Crippen LogP contribution in [-0.2, 0) is 0 Å². The Morgan fingerprint density at radius 2 is 2.11 bits per heavy atom. The van der Waals surface area contributed by atoms with E-state index in [1.165, 1.54) is 18.4 Å². The fraction of sp³-hybridized carbons (Fsp3) is 0.375. The van der Waals surface area contributed by atoms with E-state index in [9.17, 15) is 0 Å². The van der Waals surface area contributed by atoms with Crippen molar-refractivity contribution in [3.8, 4) is 0 Å².